The topological polar surface area (TPSA) is 40.9 Å². The predicted octanol–water partition coefficient (Wildman–Crippen LogP) is 1.34. The third-order valence-corrected chi connectivity index (χ3v) is 0.867. The summed E-state index contributed by atoms with van der Waals surface area (Å²) in [7, 11) is 0. The minimum absolute atomic E-state index is 0.688. The summed E-state index contributed by atoms with van der Waals surface area (Å²) < 4.78 is 0. The summed E-state index contributed by atoms with van der Waals surface area (Å²) >= 11 is 0. The Balaban J connectivity index is 3.99. The molecule has 0 aromatic carbocycles. The molecule has 0 amide bonds. The molecule has 48 valence electrons. The Bertz CT molecular complexity index is 156. The van der Waals surface area contributed by atoms with Gasteiger partial charge in [0.05, 0.1) is 0 Å². The zero-order valence-corrected chi connectivity index (χ0v) is 5.29. The Morgan fingerprint density at radius 1 is 1.56 bits per heavy atom. The van der Waals surface area contributed by atoms with Crippen molar-refractivity contribution in [3.63, 3.8) is 0 Å². The van der Waals surface area contributed by atoms with Crippen LogP contribution in [-0.4, -0.2) is 12.5 Å². The lowest BCUT2D eigenvalue weighted by Crippen LogP contribution is -1.75. The van der Waals surface area contributed by atoms with Gasteiger partial charge >= 0.3 is 0 Å². The van der Waals surface area contributed by atoms with Gasteiger partial charge < -0.3 is 5.41 Å². The van der Waals surface area contributed by atoms with Crippen molar-refractivity contribution in [2.24, 2.45) is 0 Å². The van der Waals surface area contributed by atoms with Crippen LogP contribution >= 0.6 is 0 Å². The molecule has 0 spiro atoms. The molecule has 0 heterocycles. The quantitative estimate of drug-likeness (QED) is 0.261. The lowest BCUT2D eigenvalue weighted by atomic mass is 10.2. The highest BCUT2D eigenvalue weighted by Crippen LogP contribution is 1.89. The van der Waals surface area contributed by atoms with E-state index < -0.39 is 0 Å². The van der Waals surface area contributed by atoms with Gasteiger partial charge in [-0.05, 0) is 18.6 Å². The van der Waals surface area contributed by atoms with E-state index in [1.807, 2.05) is 6.92 Å². The van der Waals surface area contributed by atoms with Crippen molar-refractivity contribution in [3.8, 4) is 0 Å². The van der Waals surface area contributed by atoms with E-state index in [9.17, 15) is 4.79 Å². The Labute approximate surface area is 54.4 Å². The van der Waals surface area contributed by atoms with E-state index in [4.69, 9.17) is 5.41 Å². The van der Waals surface area contributed by atoms with Crippen LogP contribution in [0.1, 0.15) is 6.92 Å². The minimum atomic E-state index is 0.688. The molecule has 1 N–H and O–H groups in total. The van der Waals surface area contributed by atoms with Crippen LogP contribution in [0.15, 0.2) is 23.8 Å². The molecule has 0 atom stereocenters. The molecule has 9 heavy (non-hydrogen) atoms. The Hall–Kier alpha value is -1.18. The van der Waals surface area contributed by atoms with Crippen molar-refractivity contribution < 1.29 is 4.79 Å². The monoisotopic (exact) mass is 123 g/mol. The first-order valence-corrected chi connectivity index (χ1v) is 2.63. The van der Waals surface area contributed by atoms with E-state index >= 15 is 0 Å². The van der Waals surface area contributed by atoms with Gasteiger partial charge in [-0.3, -0.25) is 4.79 Å². The molecule has 0 aromatic heterocycles. The summed E-state index contributed by atoms with van der Waals surface area (Å²) in [4.78, 5) is 9.75. The second-order valence-corrected chi connectivity index (χ2v) is 1.43. The molecule has 0 bridgehead atoms. The van der Waals surface area contributed by atoms with Gasteiger partial charge in [0.15, 0.2) is 0 Å². The number of aldehydes is 1. The lowest BCUT2D eigenvalue weighted by molar-refractivity contribution is -0.104. The third-order valence-electron chi connectivity index (χ3n) is 0.867. The van der Waals surface area contributed by atoms with Crippen LogP contribution < -0.4 is 0 Å². The summed E-state index contributed by atoms with van der Waals surface area (Å²) in [5.74, 6) is 0. The highest BCUT2D eigenvalue weighted by molar-refractivity contribution is 5.81. The number of nitrogens with one attached hydrogen (secondary N) is 1. The number of carbonyl (C=O) groups is 1. The van der Waals surface area contributed by atoms with Crippen molar-refractivity contribution in [2.75, 3.05) is 0 Å². The third kappa shape index (κ3) is 3.41. The molecule has 0 aromatic rings. The number of rotatable bonds is 3. The average molecular weight is 123 g/mol. The first-order chi connectivity index (χ1) is 4.35. The minimum Gasteiger partial charge on any atom is -0.308 e. The van der Waals surface area contributed by atoms with Gasteiger partial charge in [-0.1, -0.05) is 12.2 Å². The number of hydrogen-bond acceptors (Lipinski definition) is 2. The van der Waals surface area contributed by atoms with Crippen LogP contribution in [0.2, 0.25) is 0 Å². The zero-order chi connectivity index (χ0) is 7.11. The summed E-state index contributed by atoms with van der Waals surface area (Å²) in [6, 6.07) is 0. The van der Waals surface area contributed by atoms with Gasteiger partial charge in [0.25, 0.3) is 0 Å². The molecule has 2 nitrogen and oxygen atoms in total. The van der Waals surface area contributed by atoms with Gasteiger partial charge in [-0.25, -0.2) is 0 Å². The van der Waals surface area contributed by atoms with E-state index in [1.54, 1.807) is 12.2 Å². The molecule has 0 radical (unpaired) electrons. The van der Waals surface area contributed by atoms with E-state index in [1.165, 1.54) is 12.3 Å². The molecule has 0 aliphatic carbocycles. The SMILES string of the molecule is C/C=C(C=N)/C=C/C=O. The van der Waals surface area contributed by atoms with Gasteiger partial charge in [-0.2, -0.15) is 0 Å². The van der Waals surface area contributed by atoms with Crippen LogP contribution in [0.5, 0.6) is 0 Å². The molecule has 0 aliphatic heterocycles. The first-order valence-electron chi connectivity index (χ1n) is 2.63. The fraction of sp³-hybridized carbons (Fsp3) is 0.143. The first kappa shape index (κ1) is 7.82. The molecule has 0 aliphatic rings. The molecular formula is C7H9NO. The maximum atomic E-state index is 9.75. The predicted molar refractivity (Wildman–Crippen MR) is 37.7 cm³/mol. The molecule has 0 saturated carbocycles. The van der Waals surface area contributed by atoms with Crippen LogP contribution in [0.3, 0.4) is 0 Å². The summed E-state index contributed by atoms with van der Waals surface area (Å²) in [6.45, 7) is 1.81. The fourth-order valence-electron chi connectivity index (χ4n) is 0.378. The van der Waals surface area contributed by atoms with Crippen molar-refractivity contribution >= 4 is 12.5 Å². The van der Waals surface area contributed by atoms with Gasteiger partial charge in [-0.15, -0.1) is 0 Å². The Morgan fingerprint density at radius 3 is 2.56 bits per heavy atom. The average Bonchev–Trinajstić information content (AvgIpc) is 1.91. The van der Waals surface area contributed by atoms with E-state index in [-0.39, 0.29) is 0 Å². The van der Waals surface area contributed by atoms with Crippen molar-refractivity contribution in [3.05, 3.63) is 23.8 Å². The second kappa shape index (κ2) is 4.97. The van der Waals surface area contributed by atoms with Crippen molar-refractivity contribution in [1.29, 1.82) is 5.41 Å². The second-order valence-electron chi connectivity index (χ2n) is 1.43. The Kier molecular flexibility index (Phi) is 4.32. The molecule has 0 rings (SSSR count). The molecule has 0 unspecified atom stereocenters. The summed E-state index contributed by atoms with van der Waals surface area (Å²) in [6.07, 6.45) is 6.58. The summed E-state index contributed by atoms with van der Waals surface area (Å²) in [5, 5.41) is 6.78. The van der Waals surface area contributed by atoms with Gasteiger partial charge in [0, 0.05) is 6.21 Å². The molecular weight excluding hydrogens is 114 g/mol. The molecule has 0 saturated heterocycles. The normalized spacial score (nSPS) is 11.9. The highest BCUT2D eigenvalue weighted by atomic mass is 16.1. The van der Waals surface area contributed by atoms with Crippen molar-refractivity contribution in [2.45, 2.75) is 6.92 Å². The summed E-state index contributed by atoms with van der Waals surface area (Å²) in [5.41, 5.74) is 0.738. The lowest BCUT2D eigenvalue weighted by Gasteiger charge is -1.83. The van der Waals surface area contributed by atoms with Crippen LogP contribution in [-0.2, 0) is 4.79 Å². The number of carbonyl (C=O) groups excluding carboxylic acids is 1. The smallest absolute Gasteiger partial charge is 0.142 e. The van der Waals surface area contributed by atoms with Crippen LogP contribution in [0.25, 0.3) is 0 Å². The maximum Gasteiger partial charge on any atom is 0.142 e. The molecule has 0 fully saturated rings. The number of allylic oxidation sites excluding steroid dienone is 4. The standard InChI is InChI=1S/C7H9NO/c1-2-7(6-8)4-3-5-9/h2-6,8H,1H3/b4-3+,7-2-,8-6?. The Morgan fingerprint density at radius 2 is 2.22 bits per heavy atom. The largest absolute Gasteiger partial charge is 0.308 e. The zero-order valence-electron chi connectivity index (χ0n) is 5.29. The van der Waals surface area contributed by atoms with E-state index in [0.29, 0.717) is 6.29 Å². The van der Waals surface area contributed by atoms with E-state index in [0.717, 1.165) is 5.57 Å². The number of hydrogen-bond donors (Lipinski definition) is 1. The van der Waals surface area contributed by atoms with Gasteiger partial charge in [0.1, 0.15) is 6.29 Å². The fourth-order valence-corrected chi connectivity index (χ4v) is 0.378. The van der Waals surface area contributed by atoms with E-state index in [2.05, 4.69) is 0 Å². The highest BCUT2D eigenvalue weighted by Gasteiger charge is 1.78. The van der Waals surface area contributed by atoms with Crippen LogP contribution in [0, 0.1) is 5.41 Å². The van der Waals surface area contributed by atoms with Crippen molar-refractivity contribution in [1.82, 2.24) is 0 Å². The molecule has 2 heteroatoms. The van der Waals surface area contributed by atoms with Gasteiger partial charge in [0.2, 0.25) is 0 Å². The maximum absolute atomic E-state index is 9.75. The van der Waals surface area contributed by atoms with Crippen LogP contribution in [0.4, 0.5) is 0 Å².